The second-order valence-electron chi connectivity index (χ2n) is 7.45. The summed E-state index contributed by atoms with van der Waals surface area (Å²) in [6.45, 7) is 1.59. The minimum absolute atomic E-state index is 0.506. The number of aromatic nitrogens is 1. The number of rotatable bonds is 6. The van der Waals surface area contributed by atoms with E-state index in [2.05, 4.69) is 52.3 Å². The molecule has 3 rings (SSSR count). The molecule has 1 fully saturated rings. The molecule has 27 heavy (non-hydrogen) atoms. The van der Waals surface area contributed by atoms with Gasteiger partial charge in [0.2, 0.25) is 0 Å². The van der Waals surface area contributed by atoms with Crippen LogP contribution in [0.15, 0.2) is 42.6 Å². The van der Waals surface area contributed by atoms with Crippen molar-refractivity contribution in [2.75, 3.05) is 7.11 Å². The normalized spacial score (nSPS) is 15.2. The summed E-state index contributed by atoms with van der Waals surface area (Å²) in [6, 6.07) is 13.0. The Kier molecular flexibility index (Phi) is 7.16. The minimum Gasteiger partial charge on any atom is -0.497 e. The Morgan fingerprint density at radius 2 is 1.81 bits per heavy atom. The summed E-state index contributed by atoms with van der Waals surface area (Å²) in [5, 5.41) is 4.52. The highest BCUT2D eigenvalue weighted by molar-refractivity contribution is 7.80. The smallest absolute Gasteiger partial charge is 0.169 e. The number of hydrogen-bond acceptors (Lipinski definition) is 2. The van der Waals surface area contributed by atoms with E-state index in [0.29, 0.717) is 6.04 Å². The third-order valence-corrected chi connectivity index (χ3v) is 5.78. The lowest BCUT2D eigenvalue weighted by atomic mass is 10.1. The maximum absolute atomic E-state index is 5.85. The predicted molar refractivity (Wildman–Crippen MR) is 115 cm³/mol. The van der Waals surface area contributed by atoms with Crippen molar-refractivity contribution in [2.24, 2.45) is 7.05 Å². The molecule has 1 aromatic heterocycles. The number of nitrogens with zero attached hydrogens (tertiary/aromatic N) is 2. The summed E-state index contributed by atoms with van der Waals surface area (Å²) in [6.07, 6.45) is 9.84. The van der Waals surface area contributed by atoms with Gasteiger partial charge >= 0.3 is 0 Å². The molecule has 146 valence electrons. The number of methoxy groups -OCH3 is 1. The lowest BCUT2D eigenvalue weighted by Crippen LogP contribution is -2.44. The average molecular weight is 386 g/mol. The van der Waals surface area contributed by atoms with Gasteiger partial charge in [0.05, 0.1) is 13.7 Å². The van der Waals surface area contributed by atoms with Crippen molar-refractivity contribution in [2.45, 2.75) is 57.7 Å². The van der Waals surface area contributed by atoms with Crippen molar-refractivity contribution in [3.05, 3.63) is 53.9 Å². The van der Waals surface area contributed by atoms with Crippen LogP contribution in [0.3, 0.4) is 0 Å². The lowest BCUT2D eigenvalue weighted by molar-refractivity contribution is 0.375. The summed E-state index contributed by atoms with van der Waals surface area (Å²) < 4.78 is 7.44. The van der Waals surface area contributed by atoms with Crippen molar-refractivity contribution in [1.82, 2.24) is 14.8 Å². The maximum Gasteiger partial charge on any atom is 0.169 e. The molecular formula is C22H31N3OS. The average Bonchev–Trinajstić information content (AvgIpc) is 2.92. The van der Waals surface area contributed by atoms with Gasteiger partial charge in [0, 0.05) is 31.5 Å². The number of benzene rings is 1. The maximum atomic E-state index is 5.85. The van der Waals surface area contributed by atoms with E-state index in [0.717, 1.165) is 24.0 Å². The molecule has 2 aromatic rings. The van der Waals surface area contributed by atoms with Crippen molar-refractivity contribution >= 4 is 17.3 Å². The molecule has 1 aliphatic rings. The summed E-state index contributed by atoms with van der Waals surface area (Å²) in [5.74, 6) is 0.881. The van der Waals surface area contributed by atoms with E-state index in [1.807, 2.05) is 12.1 Å². The zero-order chi connectivity index (χ0) is 19.1. The Labute approximate surface area is 168 Å². The molecule has 1 aromatic carbocycles. The van der Waals surface area contributed by atoms with Crippen LogP contribution in [0.2, 0.25) is 0 Å². The fraction of sp³-hybridized carbons (Fsp3) is 0.500. The molecule has 0 atom stereocenters. The van der Waals surface area contributed by atoms with Crippen LogP contribution in [-0.4, -0.2) is 27.7 Å². The van der Waals surface area contributed by atoms with Crippen molar-refractivity contribution in [1.29, 1.82) is 0 Å². The zero-order valence-corrected chi connectivity index (χ0v) is 17.3. The summed E-state index contributed by atoms with van der Waals surface area (Å²) in [7, 11) is 3.78. The number of thiocarbonyl (C=S) groups is 1. The Morgan fingerprint density at radius 1 is 1.11 bits per heavy atom. The van der Waals surface area contributed by atoms with E-state index >= 15 is 0 Å². The van der Waals surface area contributed by atoms with Gasteiger partial charge in [-0.2, -0.15) is 0 Å². The SMILES string of the molecule is COc1ccc(CN(Cc2cccn2C)C(=S)NC2CCCCCC2)cc1. The fourth-order valence-electron chi connectivity index (χ4n) is 3.70. The van der Waals surface area contributed by atoms with Crippen LogP contribution < -0.4 is 10.1 Å². The first-order valence-electron chi connectivity index (χ1n) is 9.94. The summed E-state index contributed by atoms with van der Waals surface area (Å²) in [4.78, 5) is 2.28. The Bertz CT molecular complexity index is 717. The predicted octanol–water partition coefficient (Wildman–Crippen LogP) is 4.63. The van der Waals surface area contributed by atoms with Gasteiger partial charge in [-0.1, -0.05) is 37.8 Å². The molecule has 0 aliphatic heterocycles. The molecular weight excluding hydrogens is 354 g/mol. The third-order valence-electron chi connectivity index (χ3n) is 5.41. The quantitative estimate of drug-likeness (QED) is 0.580. The van der Waals surface area contributed by atoms with Gasteiger partial charge in [0.15, 0.2) is 5.11 Å². The highest BCUT2D eigenvalue weighted by Gasteiger charge is 2.18. The van der Waals surface area contributed by atoms with Crippen molar-refractivity contribution in [3.8, 4) is 5.75 Å². The molecule has 1 aliphatic carbocycles. The molecule has 1 saturated carbocycles. The third kappa shape index (κ3) is 5.73. The van der Waals surface area contributed by atoms with E-state index < -0.39 is 0 Å². The van der Waals surface area contributed by atoms with Gasteiger partial charge in [-0.05, 0) is 54.9 Å². The standard InChI is InChI=1S/C22H31N3OS/c1-24-15-7-10-20(24)17-25(16-18-11-13-21(26-2)14-12-18)22(27)23-19-8-5-3-4-6-9-19/h7,10-15,19H,3-6,8-9,16-17H2,1-2H3,(H,23,27). The molecule has 0 spiro atoms. The highest BCUT2D eigenvalue weighted by Crippen LogP contribution is 2.19. The van der Waals surface area contributed by atoms with Gasteiger partial charge in [0.25, 0.3) is 0 Å². The monoisotopic (exact) mass is 385 g/mol. The van der Waals surface area contributed by atoms with E-state index in [1.54, 1.807) is 7.11 Å². The summed E-state index contributed by atoms with van der Waals surface area (Å²) in [5.41, 5.74) is 2.49. The number of ether oxygens (including phenoxy) is 1. The number of aryl methyl sites for hydroxylation is 1. The van der Waals surface area contributed by atoms with E-state index in [-0.39, 0.29) is 0 Å². The van der Waals surface area contributed by atoms with Crippen LogP contribution in [-0.2, 0) is 20.1 Å². The van der Waals surface area contributed by atoms with Crippen LogP contribution in [0.25, 0.3) is 0 Å². The first-order valence-corrected chi connectivity index (χ1v) is 10.3. The summed E-state index contributed by atoms with van der Waals surface area (Å²) >= 11 is 5.85. The largest absolute Gasteiger partial charge is 0.497 e. The minimum atomic E-state index is 0.506. The van der Waals surface area contributed by atoms with E-state index in [4.69, 9.17) is 17.0 Å². The van der Waals surface area contributed by atoms with Crippen LogP contribution in [0.5, 0.6) is 5.75 Å². The van der Waals surface area contributed by atoms with Gasteiger partial charge in [0.1, 0.15) is 5.75 Å². The van der Waals surface area contributed by atoms with Crippen molar-refractivity contribution < 1.29 is 4.74 Å². The van der Waals surface area contributed by atoms with Crippen LogP contribution in [0, 0.1) is 0 Å². The molecule has 5 heteroatoms. The molecule has 1 heterocycles. The van der Waals surface area contributed by atoms with E-state index in [1.165, 1.54) is 49.8 Å². The first kappa shape index (κ1) is 19.7. The van der Waals surface area contributed by atoms with Crippen LogP contribution >= 0.6 is 12.2 Å². The Hall–Kier alpha value is -2.01. The molecule has 0 unspecified atom stereocenters. The zero-order valence-electron chi connectivity index (χ0n) is 16.5. The Balaban J connectivity index is 1.71. The highest BCUT2D eigenvalue weighted by atomic mass is 32.1. The van der Waals surface area contributed by atoms with Gasteiger partial charge in [-0.25, -0.2) is 0 Å². The second kappa shape index (κ2) is 9.79. The lowest BCUT2D eigenvalue weighted by Gasteiger charge is -2.29. The van der Waals surface area contributed by atoms with Crippen LogP contribution in [0.4, 0.5) is 0 Å². The number of hydrogen-bond donors (Lipinski definition) is 1. The fourth-order valence-corrected chi connectivity index (χ4v) is 3.99. The molecule has 0 saturated heterocycles. The first-order chi connectivity index (χ1) is 13.2. The molecule has 0 radical (unpaired) electrons. The number of nitrogens with one attached hydrogen (secondary N) is 1. The molecule has 0 bridgehead atoms. The molecule has 4 nitrogen and oxygen atoms in total. The van der Waals surface area contributed by atoms with E-state index in [9.17, 15) is 0 Å². The second-order valence-corrected chi connectivity index (χ2v) is 7.84. The van der Waals surface area contributed by atoms with Crippen LogP contribution in [0.1, 0.15) is 49.8 Å². The molecule has 1 N–H and O–H groups in total. The van der Waals surface area contributed by atoms with Gasteiger partial charge in [-0.15, -0.1) is 0 Å². The Morgan fingerprint density at radius 3 is 2.41 bits per heavy atom. The van der Waals surface area contributed by atoms with Gasteiger partial charge < -0.3 is 19.5 Å². The molecule has 0 amide bonds. The topological polar surface area (TPSA) is 29.4 Å². The van der Waals surface area contributed by atoms with Gasteiger partial charge in [-0.3, -0.25) is 0 Å². The van der Waals surface area contributed by atoms with Crippen molar-refractivity contribution in [3.63, 3.8) is 0 Å².